The van der Waals surface area contributed by atoms with Crippen LogP contribution in [0.5, 0.6) is 0 Å². The Hall–Kier alpha value is -3.25. The number of esters is 5. The number of rotatable bonds is 5. The van der Waals surface area contributed by atoms with Gasteiger partial charge in [-0.25, -0.2) is 0 Å². The molecule has 12 heteroatoms. The standard InChI is InChI=1S/C28H38O12/c1-13-8-9-21(37-16(4)31)27(7)22(38-17(5)32)11-20(36-15(3)30)19(12-29)10-23-28(35,14(2)26(34)40-23)25(24(13)27)39-18(6)33/h10,14,20-25,29,35H,1,8-9,11-12H2,2-7H3/b19-10-/t14-,20+,21-,22-,23-,24+,25-,27+,28-/m0/s1. The zero-order chi connectivity index (χ0) is 30.2. The molecule has 1 saturated heterocycles. The van der Waals surface area contributed by atoms with E-state index in [0.29, 0.717) is 5.57 Å². The van der Waals surface area contributed by atoms with Crippen molar-refractivity contribution in [1.29, 1.82) is 0 Å². The van der Waals surface area contributed by atoms with Crippen LogP contribution in [0.25, 0.3) is 0 Å². The molecule has 0 aromatic rings. The number of fused-ring (bicyclic) bond motifs is 2. The second-order valence-electron chi connectivity index (χ2n) is 11.0. The van der Waals surface area contributed by atoms with E-state index in [1.807, 2.05) is 0 Å². The summed E-state index contributed by atoms with van der Waals surface area (Å²) in [6.07, 6.45) is -4.63. The van der Waals surface area contributed by atoms with E-state index < -0.39 is 89.8 Å². The Morgan fingerprint density at radius 3 is 2.08 bits per heavy atom. The largest absolute Gasteiger partial charge is 0.462 e. The molecule has 9 atom stereocenters. The smallest absolute Gasteiger partial charge is 0.312 e. The highest BCUT2D eigenvalue weighted by Crippen LogP contribution is 2.56. The first-order valence-electron chi connectivity index (χ1n) is 13.2. The predicted molar refractivity (Wildman–Crippen MR) is 136 cm³/mol. The second-order valence-corrected chi connectivity index (χ2v) is 11.0. The van der Waals surface area contributed by atoms with Crippen molar-refractivity contribution >= 4 is 29.8 Å². The fourth-order valence-corrected chi connectivity index (χ4v) is 6.45. The van der Waals surface area contributed by atoms with Crippen LogP contribution in [0.1, 0.15) is 60.8 Å². The summed E-state index contributed by atoms with van der Waals surface area (Å²) in [7, 11) is 0. The molecule has 0 aromatic heterocycles. The van der Waals surface area contributed by atoms with Gasteiger partial charge in [0, 0.05) is 40.0 Å². The molecule has 0 amide bonds. The molecular formula is C28H38O12. The van der Waals surface area contributed by atoms with E-state index in [-0.39, 0.29) is 24.8 Å². The van der Waals surface area contributed by atoms with Gasteiger partial charge in [0.25, 0.3) is 0 Å². The lowest BCUT2D eigenvalue weighted by molar-refractivity contribution is -0.222. The molecule has 1 heterocycles. The average Bonchev–Trinajstić information content (AvgIpc) is 3.05. The van der Waals surface area contributed by atoms with Gasteiger partial charge in [-0.2, -0.15) is 0 Å². The minimum Gasteiger partial charge on any atom is -0.462 e. The molecule has 3 rings (SSSR count). The zero-order valence-corrected chi connectivity index (χ0v) is 23.6. The van der Waals surface area contributed by atoms with Crippen LogP contribution >= 0.6 is 0 Å². The number of hydrogen-bond donors (Lipinski definition) is 2. The van der Waals surface area contributed by atoms with Crippen LogP contribution < -0.4 is 0 Å². The van der Waals surface area contributed by atoms with E-state index in [2.05, 4.69) is 6.58 Å². The van der Waals surface area contributed by atoms with Crippen molar-refractivity contribution in [2.45, 2.75) is 96.9 Å². The van der Waals surface area contributed by atoms with Gasteiger partial charge in [-0.05, 0) is 31.4 Å². The van der Waals surface area contributed by atoms with E-state index in [1.165, 1.54) is 26.8 Å². The molecule has 2 N–H and O–H groups in total. The molecule has 12 nitrogen and oxygen atoms in total. The van der Waals surface area contributed by atoms with Gasteiger partial charge in [0.2, 0.25) is 0 Å². The second kappa shape index (κ2) is 11.7. The number of hydrogen-bond acceptors (Lipinski definition) is 12. The molecule has 1 aliphatic heterocycles. The summed E-state index contributed by atoms with van der Waals surface area (Å²) in [5.41, 5.74) is -3.10. The van der Waals surface area contributed by atoms with Gasteiger partial charge in [0.15, 0.2) is 11.7 Å². The fourth-order valence-electron chi connectivity index (χ4n) is 6.45. The molecule has 0 aromatic carbocycles. The summed E-state index contributed by atoms with van der Waals surface area (Å²) in [6.45, 7) is 11.3. The normalized spacial score (nSPS) is 38.9. The molecule has 0 unspecified atom stereocenters. The molecular weight excluding hydrogens is 528 g/mol. The molecule has 2 fully saturated rings. The van der Waals surface area contributed by atoms with Crippen LogP contribution in [0, 0.1) is 17.3 Å². The number of carbonyl (C=O) groups is 5. The SMILES string of the molecule is C=C1CC[C@H](OC(C)=O)[C@]2(C)[C@@H](OC(C)=O)C[C@@H](OC(C)=O)/C(CO)=C\[C@@H]3OC(=O)[C@H](C)[C@@]3(O)[C@@H](OC(C)=O)[C@@H]12. The number of aliphatic hydroxyl groups excluding tert-OH is 1. The molecule has 2 aliphatic carbocycles. The summed E-state index contributed by atoms with van der Waals surface area (Å²) in [5.74, 6) is -5.88. The molecule has 0 bridgehead atoms. The van der Waals surface area contributed by atoms with Crippen molar-refractivity contribution in [1.82, 2.24) is 0 Å². The number of ether oxygens (including phenoxy) is 5. The minimum atomic E-state index is -2.21. The summed E-state index contributed by atoms with van der Waals surface area (Å²) in [6, 6.07) is 0. The monoisotopic (exact) mass is 566 g/mol. The lowest BCUT2D eigenvalue weighted by Gasteiger charge is -2.55. The Morgan fingerprint density at radius 1 is 1.00 bits per heavy atom. The van der Waals surface area contributed by atoms with Crippen molar-refractivity contribution in [2.75, 3.05) is 6.61 Å². The van der Waals surface area contributed by atoms with Crippen molar-refractivity contribution < 1.29 is 57.9 Å². The summed E-state index contributed by atoms with van der Waals surface area (Å²) in [4.78, 5) is 62.3. The maximum Gasteiger partial charge on any atom is 0.312 e. The van der Waals surface area contributed by atoms with Crippen LogP contribution in [0.3, 0.4) is 0 Å². The van der Waals surface area contributed by atoms with Crippen LogP contribution in [-0.4, -0.2) is 82.8 Å². The molecule has 0 radical (unpaired) electrons. The molecule has 40 heavy (non-hydrogen) atoms. The van der Waals surface area contributed by atoms with E-state index in [0.717, 1.165) is 13.8 Å². The van der Waals surface area contributed by atoms with Gasteiger partial charge in [0.05, 0.1) is 17.9 Å². The first-order chi connectivity index (χ1) is 18.6. The van der Waals surface area contributed by atoms with Crippen molar-refractivity contribution in [3.63, 3.8) is 0 Å². The first-order valence-corrected chi connectivity index (χ1v) is 13.2. The van der Waals surface area contributed by atoms with Crippen LogP contribution in [0.4, 0.5) is 0 Å². The van der Waals surface area contributed by atoms with Crippen molar-refractivity contribution in [3.05, 3.63) is 23.8 Å². The minimum absolute atomic E-state index is 0.0555. The molecule has 0 spiro atoms. The Kier molecular flexibility index (Phi) is 9.15. The maximum absolute atomic E-state index is 12.9. The van der Waals surface area contributed by atoms with Crippen LogP contribution in [0.15, 0.2) is 23.8 Å². The van der Waals surface area contributed by atoms with Gasteiger partial charge in [-0.3, -0.25) is 24.0 Å². The third-order valence-electron chi connectivity index (χ3n) is 8.34. The average molecular weight is 567 g/mol. The van der Waals surface area contributed by atoms with E-state index in [9.17, 15) is 34.2 Å². The van der Waals surface area contributed by atoms with E-state index in [1.54, 1.807) is 6.92 Å². The highest BCUT2D eigenvalue weighted by molar-refractivity contribution is 5.78. The van der Waals surface area contributed by atoms with Gasteiger partial charge < -0.3 is 33.9 Å². The lowest BCUT2D eigenvalue weighted by Crippen LogP contribution is -2.66. The van der Waals surface area contributed by atoms with Crippen LogP contribution in [-0.2, 0) is 47.7 Å². The predicted octanol–water partition coefficient (Wildman–Crippen LogP) is 1.30. The van der Waals surface area contributed by atoms with Crippen molar-refractivity contribution in [2.24, 2.45) is 17.3 Å². The molecule has 1 saturated carbocycles. The van der Waals surface area contributed by atoms with E-state index in [4.69, 9.17) is 23.7 Å². The Balaban J connectivity index is 2.44. The Bertz CT molecular complexity index is 1110. The van der Waals surface area contributed by atoms with Gasteiger partial charge >= 0.3 is 29.8 Å². The molecule has 3 aliphatic rings. The van der Waals surface area contributed by atoms with Crippen molar-refractivity contribution in [3.8, 4) is 0 Å². The third-order valence-corrected chi connectivity index (χ3v) is 8.34. The van der Waals surface area contributed by atoms with E-state index >= 15 is 0 Å². The fraction of sp³-hybridized carbons (Fsp3) is 0.679. The lowest BCUT2D eigenvalue weighted by atomic mass is 9.54. The Morgan fingerprint density at radius 2 is 1.55 bits per heavy atom. The first kappa shape index (κ1) is 31.3. The highest BCUT2D eigenvalue weighted by atomic mass is 16.6. The summed E-state index contributed by atoms with van der Waals surface area (Å²) < 4.78 is 28.4. The van der Waals surface area contributed by atoms with Crippen LogP contribution in [0.2, 0.25) is 0 Å². The highest BCUT2D eigenvalue weighted by Gasteiger charge is 2.68. The third kappa shape index (κ3) is 5.64. The maximum atomic E-state index is 12.9. The zero-order valence-electron chi connectivity index (χ0n) is 23.6. The Labute approximate surface area is 232 Å². The topological polar surface area (TPSA) is 172 Å². The number of aliphatic hydroxyl groups is 2. The molecule has 222 valence electrons. The van der Waals surface area contributed by atoms with Gasteiger partial charge in [-0.1, -0.05) is 19.1 Å². The summed E-state index contributed by atoms with van der Waals surface area (Å²) in [5, 5.41) is 22.7. The van der Waals surface area contributed by atoms with Gasteiger partial charge in [0.1, 0.15) is 24.4 Å². The summed E-state index contributed by atoms with van der Waals surface area (Å²) >= 11 is 0. The van der Waals surface area contributed by atoms with Gasteiger partial charge in [-0.15, -0.1) is 0 Å². The quantitative estimate of drug-likeness (QED) is 0.278. The number of carbonyl (C=O) groups excluding carboxylic acids is 5.